The quantitative estimate of drug-likeness (QED) is 0.279. The molecule has 194 valence electrons. The second-order valence-corrected chi connectivity index (χ2v) is 8.87. The normalized spacial score (nSPS) is 11.5. The molecule has 4 aromatic rings. The second-order valence-electron chi connectivity index (χ2n) is 8.87. The summed E-state index contributed by atoms with van der Waals surface area (Å²) in [6, 6.07) is 15.4. The fourth-order valence-electron chi connectivity index (χ4n) is 3.99. The van der Waals surface area contributed by atoms with Crippen molar-refractivity contribution in [3.8, 4) is 5.75 Å². The third-order valence-electron chi connectivity index (χ3n) is 5.94. The Kier molecular flexibility index (Phi) is 8.37. The summed E-state index contributed by atoms with van der Waals surface area (Å²) in [5, 5.41) is 13.8. The fourth-order valence-corrected chi connectivity index (χ4v) is 3.99. The van der Waals surface area contributed by atoms with Crippen LogP contribution in [0.3, 0.4) is 0 Å². The van der Waals surface area contributed by atoms with Crippen molar-refractivity contribution in [3.63, 3.8) is 0 Å². The Morgan fingerprint density at radius 2 is 1.76 bits per heavy atom. The molecule has 1 N–H and O–H groups in total. The van der Waals surface area contributed by atoms with Gasteiger partial charge in [0.2, 0.25) is 5.82 Å². The number of hydrogen-bond donors (Lipinski definition) is 1. The molecule has 0 unspecified atom stereocenters. The van der Waals surface area contributed by atoms with Crippen LogP contribution in [-0.2, 0) is 32.2 Å². The first-order chi connectivity index (χ1) is 17.8. The maximum atomic E-state index is 13.0. The Balaban J connectivity index is 1.49. The SMILES string of the molecule is CCCc1cc(CCN(Cc2ccc(C(F)(F)F)cc2)c2ccc(C)cn2)ccc1OCc1nn[nH]n1. The van der Waals surface area contributed by atoms with Crippen LogP contribution in [0.5, 0.6) is 5.75 Å². The first-order valence-electron chi connectivity index (χ1n) is 12.1. The van der Waals surface area contributed by atoms with Crippen LogP contribution in [0.2, 0.25) is 0 Å². The molecule has 0 radical (unpaired) electrons. The molecule has 0 aliphatic carbocycles. The van der Waals surface area contributed by atoms with Gasteiger partial charge in [-0.2, -0.15) is 18.4 Å². The Labute approximate surface area is 213 Å². The van der Waals surface area contributed by atoms with E-state index in [4.69, 9.17) is 4.74 Å². The molecule has 0 bridgehead atoms. The first kappa shape index (κ1) is 26.1. The molecule has 0 spiro atoms. The van der Waals surface area contributed by atoms with Crippen LogP contribution in [0, 0.1) is 6.92 Å². The van der Waals surface area contributed by atoms with Crippen LogP contribution in [-0.4, -0.2) is 32.2 Å². The Hall–Kier alpha value is -3.95. The molecular weight excluding hydrogens is 481 g/mol. The van der Waals surface area contributed by atoms with E-state index in [9.17, 15) is 13.2 Å². The molecule has 2 aromatic heterocycles. The monoisotopic (exact) mass is 510 g/mol. The molecule has 0 fully saturated rings. The number of aryl methyl sites for hydroxylation is 2. The number of nitrogens with zero attached hydrogens (tertiary/aromatic N) is 5. The molecule has 0 saturated heterocycles. The van der Waals surface area contributed by atoms with Gasteiger partial charge in [-0.1, -0.05) is 48.9 Å². The molecule has 4 rings (SSSR count). The van der Waals surface area contributed by atoms with Crippen molar-refractivity contribution in [2.45, 2.75) is 52.4 Å². The van der Waals surface area contributed by atoms with Gasteiger partial charge in [0.05, 0.1) is 5.56 Å². The number of H-pyrrole nitrogens is 1. The van der Waals surface area contributed by atoms with E-state index in [-0.39, 0.29) is 6.61 Å². The lowest BCUT2D eigenvalue weighted by molar-refractivity contribution is -0.137. The highest BCUT2D eigenvalue weighted by molar-refractivity contribution is 5.42. The van der Waals surface area contributed by atoms with Gasteiger partial charge in [0, 0.05) is 19.3 Å². The van der Waals surface area contributed by atoms with E-state index in [0.717, 1.165) is 65.2 Å². The van der Waals surface area contributed by atoms with Crippen LogP contribution in [0.4, 0.5) is 19.0 Å². The second kappa shape index (κ2) is 11.9. The van der Waals surface area contributed by atoms with Crippen molar-refractivity contribution < 1.29 is 17.9 Å². The Morgan fingerprint density at radius 1 is 0.973 bits per heavy atom. The summed E-state index contributed by atoms with van der Waals surface area (Å²) >= 11 is 0. The van der Waals surface area contributed by atoms with Crippen LogP contribution in [0.25, 0.3) is 0 Å². The lowest BCUT2D eigenvalue weighted by atomic mass is 10.0. The summed E-state index contributed by atoms with van der Waals surface area (Å²) in [5.41, 5.74) is 3.42. The smallest absolute Gasteiger partial charge is 0.416 e. The van der Waals surface area contributed by atoms with Gasteiger partial charge < -0.3 is 9.64 Å². The highest BCUT2D eigenvalue weighted by Gasteiger charge is 2.30. The van der Waals surface area contributed by atoms with Crippen LogP contribution in [0.1, 0.15) is 47.0 Å². The number of anilines is 1. The highest BCUT2D eigenvalue weighted by Crippen LogP contribution is 2.29. The van der Waals surface area contributed by atoms with Gasteiger partial charge in [0.1, 0.15) is 11.6 Å². The van der Waals surface area contributed by atoms with Crippen molar-refractivity contribution in [1.82, 2.24) is 25.6 Å². The number of nitrogens with one attached hydrogen (secondary N) is 1. The number of aromatic nitrogens is 5. The molecule has 37 heavy (non-hydrogen) atoms. The Bertz CT molecular complexity index is 1260. The summed E-state index contributed by atoms with van der Waals surface area (Å²) in [6.07, 6.45) is 0.0102. The van der Waals surface area contributed by atoms with Gasteiger partial charge in [-0.3, -0.25) is 0 Å². The summed E-state index contributed by atoms with van der Waals surface area (Å²) < 4.78 is 44.9. The van der Waals surface area contributed by atoms with E-state index < -0.39 is 11.7 Å². The number of aromatic amines is 1. The maximum Gasteiger partial charge on any atom is 0.416 e. The van der Waals surface area contributed by atoms with E-state index in [1.807, 2.05) is 31.2 Å². The number of halogens is 3. The molecule has 2 aromatic carbocycles. The zero-order valence-corrected chi connectivity index (χ0v) is 20.8. The molecular formula is C27H29F3N6O. The molecule has 0 amide bonds. The predicted molar refractivity (Wildman–Crippen MR) is 134 cm³/mol. The highest BCUT2D eigenvalue weighted by atomic mass is 19.4. The number of tetrazole rings is 1. The van der Waals surface area contributed by atoms with Gasteiger partial charge >= 0.3 is 6.18 Å². The zero-order chi connectivity index (χ0) is 26.3. The average molecular weight is 511 g/mol. The maximum absolute atomic E-state index is 13.0. The van der Waals surface area contributed by atoms with Crippen molar-refractivity contribution in [1.29, 1.82) is 0 Å². The minimum absolute atomic E-state index is 0.229. The van der Waals surface area contributed by atoms with Gasteiger partial charge in [-0.15, -0.1) is 10.2 Å². The van der Waals surface area contributed by atoms with E-state index in [1.165, 1.54) is 12.1 Å². The lowest BCUT2D eigenvalue weighted by Gasteiger charge is -2.24. The lowest BCUT2D eigenvalue weighted by Crippen LogP contribution is -2.26. The van der Waals surface area contributed by atoms with Gasteiger partial charge in [0.25, 0.3) is 0 Å². The average Bonchev–Trinajstić information content (AvgIpc) is 3.40. The first-order valence-corrected chi connectivity index (χ1v) is 12.1. The number of hydrogen-bond acceptors (Lipinski definition) is 6. The van der Waals surface area contributed by atoms with Crippen molar-refractivity contribution in [2.24, 2.45) is 0 Å². The van der Waals surface area contributed by atoms with Gasteiger partial charge in [-0.25, -0.2) is 4.98 Å². The van der Waals surface area contributed by atoms with E-state index >= 15 is 0 Å². The summed E-state index contributed by atoms with van der Waals surface area (Å²) in [5.74, 6) is 2.05. The van der Waals surface area contributed by atoms with Crippen LogP contribution < -0.4 is 9.64 Å². The summed E-state index contributed by atoms with van der Waals surface area (Å²) in [4.78, 5) is 6.65. The Morgan fingerprint density at radius 3 is 2.41 bits per heavy atom. The summed E-state index contributed by atoms with van der Waals surface area (Å²) in [7, 11) is 0. The fraction of sp³-hybridized carbons (Fsp3) is 0.333. The van der Waals surface area contributed by atoms with Crippen molar-refractivity contribution in [3.05, 3.63) is 94.4 Å². The molecule has 2 heterocycles. The van der Waals surface area contributed by atoms with E-state index in [1.54, 1.807) is 6.20 Å². The van der Waals surface area contributed by atoms with Crippen molar-refractivity contribution >= 4 is 5.82 Å². The molecule has 0 aliphatic rings. The van der Waals surface area contributed by atoms with Gasteiger partial charge in [-0.05, 0) is 66.3 Å². The molecule has 0 atom stereocenters. The van der Waals surface area contributed by atoms with Gasteiger partial charge in [0.15, 0.2) is 6.61 Å². The van der Waals surface area contributed by atoms with E-state index in [2.05, 4.69) is 43.5 Å². The standard InChI is InChI=1S/C27H29F3N6O/c1-3-4-22-15-20(8-11-24(22)37-18-25-32-34-35-33-25)13-14-36(26-12-5-19(2)16-31-26)17-21-6-9-23(10-7-21)27(28,29)30/h5-12,15-16H,3-4,13-14,17-18H2,1-2H3,(H,32,33,34,35). The van der Waals surface area contributed by atoms with Crippen molar-refractivity contribution in [2.75, 3.05) is 11.4 Å². The minimum atomic E-state index is -4.35. The van der Waals surface area contributed by atoms with Crippen LogP contribution >= 0.6 is 0 Å². The largest absolute Gasteiger partial charge is 0.485 e. The number of rotatable bonds is 11. The minimum Gasteiger partial charge on any atom is -0.485 e. The zero-order valence-electron chi connectivity index (χ0n) is 20.8. The van der Waals surface area contributed by atoms with Crippen LogP contribution in [0.15, 0.2) is 60.8 Å². The third-order valence-corrected chi connectivity index (χ3v) is 5.94. The number of pyridine rings is 1. The van der Waals surface area contributed by atoms with E-state index in [0.29, 0.717) is 18.9 Å². The summed E-state index contributed by atoms with van der Waals surface area (Å²) in [6.45, 7) is 5.40. The number of benzene rings is 2. The topological polar surface area (TPSA) is 79.8 Å². The third kappa shape index (κ3) is 7.28. The molecule has 0 saturated carbocycles. The number of ether oxygens (including phenoxy) is 1. The molecule has 10 heteroatoms. The molecule has 0 aliphatic heterocycles. The number of alkyl halides is 3. The predicted octanol–water partition coefficient (Wildman–Crippen LogP) is 5.70. The molecule has 7 nitrogen and oxygen atoms in total.